The third kappa shape index (κ3) is 2.80. The van der Waals surface area contributed by atoms with Crippen LogP contribution >= 0.6 is 11.6 Å². The van der Waals surface area contributed by atoms with Crippen molar-refractivity contribution >= 4 is 22.6 Å². The first-order chi connectivity index (χ1) is 9.93. The molecule has 1 aromatic heterocycles. The van der Waals surface area contributed by atoms with Crippen LogP contribution in [0, 0.1) is 0 Å². The van der Waals surface area contributed by atoms with E-state index in [1.165, 1.54) is 12.1 Å². The molecule has 1 N–H and O–H groups in total. The van der Waals surface area contributed by atoms with Crippen LogP contribution in [0.25, 0.3) is 11.0 Å². The molecule has 0 bridgehead atoms. The fourth-order valence-corrected chi connectivity index (χ4v) is 2.04. The summed E-state index contributed by atoms with van der Waals surface area (Å²) in [5.41, 5.74) is 0.338. The molecule has 0 aliphatic rings. The monoisotopic (exact) mass is 312 g/mol. The molecule has 0 fully saturated rings. The van der Waals surface area contributed by atoms with Crippen LogP contribution in [0.15, 0.2) is 42.5 Å². The number of rotatable bonds is 2. The summed E-state index contributed by atoms with van der Waals surface area (Å²) in [4.78, 5) is 5.70. The van der Waals surface area contributed by atoms with Crippen molar-refractivity contribution in [2.75, 3.05) is 0 Å². The topological polar surface area (TPSA) is 37.9 Å². The largest absolute Gasteiger partial charge is 0.456 e. The highest BCUT2D eigenvalue weighted by atomic mass is 35.5. The average Bonchev–Trinajstić information content (AvgIpc) is 2.83. The van der Waals surface area contributed by atoms with Crippen LogP contribution in [0.3, 0.4) is 0 Å². The number of ether oxygens (including phenoxy) is 1. The zero-order valence-corrected chi connectivity index (χ0v) is 11.2. The molecule has 0 aliphatic heterocycles. The lowest BCUT2D eigenvalue weighted by molar-refractivity contribution is -0.144. The first kappa shape index (κ1) is 13.8. The average molecular weight is 313 g/mol. The van der Waals surface area contributed by atoms with Gasteiger partial charge in [0.15, 0.2) is 0 Å². The second-order valence-corrected chi connectivity index (χ2v) is 4.71. The van der Waals surface area contributed by atoms with Crippen LogP contribution in [0.1, 0.15) is 5.82 Å². The van der Waals surface area contributed by atoms with Gasteiger partial charge in [-0.1, -0.05) is 29.8 Å². The van der Waals surface area contributed by atoms with Crippen molar-refractivity contribution in [1.82, 2.24) is 9.97 Å². The molecule has 0 saturated carbocycles. The summed E-state index contributed by atoms with van der Waals surface area (Å²) in [5.74, 6) is -0.286. The molecular weight excluding hydrogens is 305 g/mol. The number of hydrogen-bond donors (Lipinski definition) is 1. The second-order valence-electron chi connectivity index (χ2n) is 4.30. The normalized spacial score (nSPS) is 11.8. The van der Waals surface area contributed by atoms with E-state index in [0.29, 0.717) is 5.75 Å². The van der Waals surface area contributed by atoms with Gasteiger partial charge in [-0.05, 0) is 18.2 Å². The first-order valence-electron chi connectivity index (χ1n) is 5.93. The Bertz CT molecular complexity index is 784. The maximum atomic E-state index is 12.6. The number of alkyl halides is 3. The molecule has 0 amide bonds. The quantitative estimate of drug-likeness (QED) is 0.721. The third-order valence-corrected chi connectivity index (χ3v) is 3.07. The van der Waals surface area contributed by atoms with Crippen molar-refractivity contribution < 1.29 is 17.9 Å². The van der Waals surface area contributed by atoms with E-state index in [1.807, 2.05) is 6.07 Å². The van der Waals surface area contributed by atoms with E-state index < -0.39 is 12.0 Å². The molecule has 0 aliphatic carbocycles. The number of aromatic amines is 1. The SMILES string of the molecule is FC(F)(F)c1nc2cc(Oc3ccccc3)c(Cl)cc2[nH]1. The molecule has 0 radical (unpaired) electrons. The molecule has 3 nitrogen and oxygen atoms in total. The summed E-state index contributed by atoms with van der Waals surface area (Å²) in [6.45, 7) is 0. The highest BCUT2D eigenvalue weighted by Crippen LogP contribution is 2.35. The van der Waals surface area contributed by atoms with E-state index in [4.69, 9.17) is 16.3 Å². The maximum absolute atomic E-state index is 12.6. The van der Waals surface area contributed by atoms with Crippen LogP contribution in [-0.2, 0) is 6.18 Å². The Morgan fingerprint density at radius 3 is 2.48 bits per heavy atom. The fourth-order valence-electron chi connectivity index (χ4n) is 1.84. The van der Waals surface area contributed by atoms with Crippen molar-refractivity contribution in [3.8, 4) is 11.5 Å². The lowest BCUT2D eigenvalue weighted by Gasteiger charge is -2.07. The van der Waals surface area contributed by atoms with Gasteiger partial charge in [0.2, 0.25) is 5.82 Å². The number of para-hydroxylation sites is 1. The minimum atomic E-state index is -4.54. The molecule has 0 spiro atoms. The van der Waals surface area contributed by atoms with Gasteiger partial charge >= 0.3 is 6.18 Å². The molecule has 21 heavy (non-hydrogen) atoms. The van der Waals surface area contributed by atoms with Crippen LogP contribution in [0.5, 0.6) is 11.5 Å². The summed E-state index contributed by atoms with van der Waals surface area (Å²) >= 11 is 6.02. The second kappa shape index (κ2) is 4.96. The lowest BCUT2D eigenvalue weighted by atomic mass is 10.3. The highest BCUT2D eigenvalue weighted by molar-refractivity contribution is 6.32. The van der Waals surface area contributed by atoms with Crippen LogP contribution in [0.2, 0.25) is 5.02 Å². The van der Waals surface area contributed by atoms with E-state index >= 15 is 0 Å². The van der Waals surface area contributed by atoms with Crippen molar-refractivity contribution in [1.29, 1.82) is 0 Å². The van der Waals surface area contributed by atoms with Gasteiger partial charge in [-0.2, -0.15) is 13.2 Å². The Labute approximate surface area is 122 Å². The predicted octanol–water partition coefficient (Wildman–Crippen LogP) is 5.03. The van der Waals surface area contributed by atoms with Gasteiger partial charge in [0, 0.05) is 6.07 Å². The molecule has 0 atom stereocenters. The Kier molecular flexibility index (Phi) is 3.25. The Balaban J connectivity index is 2.02. The van der Waals surface area contributed by atoms with Crippen molar-refractivity contribution in [3.05, 3.63) is 53.3 Å². The number of aromatic nitrogens is 2. The molecule has 2 aromatic carbocycles. The van der Waals surface area contributed by atoms with E-state index in [1.54, 1.807) is 24.3 Å². The van der Waals surface area contributed by atoms with Crippen LogP contribution in [-0.4, -0.2) is 9.97 Å². The van der Waals surface area contributed by atoms with Crippen LogP contribution < -0.4 is 4.74 Å². The number of H-pyrrole nitrogens is 1. The zero-order chi connectivity index (χ0) is 15.0. The highest BCUT2D eigenvalue weighted by Gasteiger charge is 2.34. The molecule has 0 unspecified atom stereocenters. The molecule has 3 aromatic rings. The van der Waals surface area contributed by atoms with E-state index in [0.717, 1.165) is 0 Å². The van der Waals surface area contributed by atoms with Crippen molar-refractivity contribution in [2.45, 2.75) is 6.18 Å². The standard InChI is InChI=1S/C14H8ClF3N2O/c15-9-6-10-11(20-13(19-10)14(16,17)18)7-12(9)21-8-4-2-1-3-5-8/h1-7H,(H,19,20). The summed E-state index contributed by atoms with van der Waals surface area (Å²) < 4.78 is 43.4. The summed E-state index contributed by atoms with van der Waals surface area (Å²) in [5, 5.41) is 0.198. The van der Waals surface area contributed by atoms with E-state index in [-0.39, 0.29) is 21.8 Å². The maximum Gasteiger partial charge on any atom is 0.449 e. The van der Waals surface area contributed by atoms with Gasteiger partial charge in [-0.25, -0.2) is 4.98 Å². The smallest absolute Gasteiger partial charge is 0.449 e. The molecule has 3 rings (SSSR count). The van der Waals surface area contributed by atoms with E-state index in [2.05, 4.69) is 9.97 Å². The van der Waals surface area contributed by atoms with Gasteiger partial charge in [-0.15, -0.1) is 0 Å². The summed E-state index contributed by atoms with van der Waals surface area (Å²) in [6, 6.07) is 11.5. The van der Waals surface area contributed by atoms with Gasteiger partial charge in [0.05, 0.1) is 16.1 Å². The number of halogens is 4. The Hall–Kier alpha value is -2.21. The molecule has 1 heterocycles. The Morgan fingerprint density at radius 1 is 1.10 bits per heavy atom. The van der Waals surface area contributed by atoms with Gasteiger partial charge in [-0.3, -0.25) is 0 Å². The van der Waals surface area contributed by atoms with Gasteiger partial charge in [0.1, 0.15) is 11.5 Å². The minimum absolute atomic E-state index is 0.137. The zero-order valence-electron chi connectivity index (χ0n) is 10.4. The summed E-state index contributed by atoms with van der Waals surface area (Å²) in [7, 11) is 0. The molecular formula is C14H8ClF3N2O. The van der Waals surface area contributed by atoms with Crippen molar-refractivity contribution in [3.63, 3.8) is 0 Å². The number of nitrogens with one attached hydrogen (secondary N) is 1. The first-order valence-corrected chi connectivity index (χ1v) is 6.30. The van der Waals surface area contributed by atoms with Crippen molar-refractivity contribution in [2.24, 2.45) is 0 Å². The molecule has 7 heteroatoms. The number of benzene rings is 2. The number of nitrogens with zero attached hydrogens (tertiary/aromatic N) is 1. The minimum Gasteiger partial charge on any atom is -0.456 e. The van der Waals surface area contributed by atoms with E-state index in [9.17, 15) is 13.2 Å². The van der Waals surface area contributed by atoms with Crippen LogP contribution in [0.4, 0.5) is 13.2 Å². The van der Waals surface area contributed by atoms with Gasteiger partial charge < -0.3 is 9.72 Å². The number of imidazole rings is 1. The summed E-state index contributed by atoms with van der Waals surface area (Å²) in [6.07, 6.45) is -4.54. The Morgan fingerprint density at radius 2 is 1.81 bits per heavy atom. The molecule has 108 valence electrons. The fraction of sp³-hybridized carbons (Fsp3) is 0.0714. The van der Waals surface area contributed by atoms with Gasteiger partial charge in [0.25, 0.3) is 0 Å². The lowest BCUT2D eigenvalue weighted by Crippen LogP contribution is -2.06. The number of fused-ring (bicyclic) bond motifs is 1. The predicted molar refractivity (Wildman–Crippen MR) is 72.6 cm³/mol. The number of hydrogen-bond acceptors (Lipinski definition) is 2. The molecule has 0 saturated heterocycles. The third-order valence-electron chi connectivity index (χ3n) is 2.78.